The maximum atomic E-state index is 13.0. The van der Waals surface area contributed by atoms with Crippen LogP contribution >= 0.6 is 0 Å². The molecule has 1 saturated heterocycles. The van der Waals surface area contributed by atoms with E-state index in [1.807, 2.05) is 74.5 Å². The Morgan fingerprint density at radius 2 is 1.43 bits per heavy atom. The van der Waals surface area contributed by atoms with Crippen molar-refractivity contribution in [1.82, 2.24) is 15.5 Å². The Bertz CT molecular complexity index is 838. The lowest BCUT2D eigenvalue weighted by molar-refractivity contribution is -0.135. The van der Waals surface area contributed by atoms with Crippen LogP contribution < -0.4 is 10.6 Å². The molecule has 0 unspecified atom stereocenters. The number of amides is 4. The first-order chi connectivity index (χ1) is 14.5. The molecule has 6 nitrogen and oxygen atoms in total. The van der Waals surface area contributed by atoms with Crippen LogP contribution in [0.3, 0.4) is 0 Å². The second-order valence-electron chi connectivity index (χ2n) is 7.73. The average molecular weight is 408 g/mol. The molecule has 2 N–H and O–H groups in total. The van der Waals surface area contributed by atoms with E-state index in [1.54, 1.807) is 0 Å². The van der Waals surface area contributed by atoms with Gasteiger partial charge in [0.2, 0.25) is 5.91 Å². The molecule has 0 aromatic heterocycles. The predicted molar refractivity (Wildman–Crippen MR) is 116 cm³/mol. The maximum absolute atomic E-state index is 13.0. The number of hydrogen-bond donors (Lipinski definition) is 2. The minimum Gasteiger partial charge on any atom is -0.344 e. The van der Waals surface area contributed by atoms with Crippen LogP contribution in [0.4, 0.5) is 4.79 Å². The standard InChI is InChI=1S/C24H29N3O3/c1-3-15-24(16-4-2)22(29)27(23(30)26-24)17-20(28)25-21(18-11-7-5-8-12-18)19-13-9-6-10-14-19/h5-14,21H,3-4,15-17H2,1-2H3,(H,25,28)(H,26,30). The van der Waals surface area contributed by atoms with Gasteiger partial charge in [0.15, 0.2) is 0 Å². The van der Waals surface area contributed by atoms with Gasteiger partial charge in [-0.15, -0.1) is 0 Å². The second-order valence-corrected chi connectivity index (χ2v) is 7.73. The van der Waals surface area contributed by atoms with Gasteiger partial charge in [-0.1, -0.05) is 87.4 Å². The molecule has 0 spiro atoms. The molecule has 6 heteroatoms. The van der Waals surface area contributed by atoms with E-state index < -0.39 is 11.6 Å². The topological polar surface area (TPSA) is 78.5 Å². The predicted octanol–water partition coefficient (Wildman–Crippen LogP) is 3.78. The summed E-state index contributed by atoms with van der Waals surface area (Å²) in [7, 11) is 0. The van der Waals surface area contributed by atoms with E-state index in [2.05, 4.69) is 10.6 Å². The molecule has 1 aliphatic rings. The highest BCUT2D eigenvalue weighted by molar-refractivity contribution is 6.09. The van der Waals surface area contributed by atoms with Gasteiger partial charge in [-0.2, -0.15) is 0 Å². The summed E-state index contributed by atoms with van der Waals surface area (Å²) in [4.78, 5) is 39.5. The van der Waals surface area contributed by atoms with Gasteiger partial charge < -0.3 is 10.6 Å². The molecule has 3 rings (SSSR count). The number of nitrogens with one attached hydrogen (secondary N) is 2. The number of rotatable bonds is 9. The molecule has 2 aromatic carbocycles. The van der Waals surface area contributed by atoms with E-state index in [4.69, 9.17) is 0 Å². The van der Waals surface area contributed by atoms with Gasteiger partial charge >= 0.3 is 6.03 Å². The maximum Gasteiger partial charge on any atom is 0.325 e. The molecule has 2 aromatic rings. The molecule has 0 atom stereocenters. The van der Waals surface area contributed by atoms with Gasteiger partial charge in [-0.05, 0) is 24.0 Å². The monoisotopic (exact) mass is 407 g/mol. The molecular formula is C24H29N3O3. The number of carbonyl (C=O) groups excluding carboxylic acids is 3. The van der Waals surface area contributed by atoms with Gasteiger partial charge in [0.05, 0.1) is 6.04 Å². The highest BCUT2D eigenvalue weighted by Crippen LogP contribution is 2.28. The minimum atomic E-state index is -0.890. The fraction of sp³-hybridized carbons (Fsp3) is 0.375. The number of urea groups is 1. The Morgan fingerprint density at radius 1 is 0.933 bits per heavy atom. The fourth-order valence-electron chi connectivity index (χ4n) is 4.14. The number of benzene rings is 2. The van der Waals surface area contributed by atoms with Crippen LogP contribution in [-0.2, 0) is 9.59 Å². The normalized spacial score (nSPS) is 15.4. The third kappa shape index (κ3) is 4.53. The van der Waals surface area contributed by atoms with Crippen LogP contribution in [0, 0.1) is 0 Å². The Morgan fingerprint density at radius 3 is 1.90 bits per heavy atom. The van der Waals surface area contributed by atoms with Crippen molar-refractivity contribution < 1.29 is 14.4 Å². The quantitative estimate of drug-likeness (QED) is 0.621. The molecule has 1 fully saturated rings. The lowest BCUT2D eigenvalue weighted by Crippen LogP contribution is -2.47. The van der Waals surface area contributed by atoms with Crippen LogP contribution in [0.1, 0.15) is 56.7 Å². The molecule has 30 heavy (non-hydrogen) atoms. The summed E-state index contributed by atoms with van der Waals surface area (Å²) in [6.45, 7) is 3.67. The van der Waals surface area contributed by atoms with Crippen molar-refractivity contribution in [1.29, 1.82) is 0 Å². The van der Waals surface area contributed by atoms with Crippen LogP contribution in [0.25, 0.3) is 0 Å². The summed E-state index contributed by atoms with van der Waals surface area (Å²) in [5.74, 6) is -0.678. The number of nitrogens with zero attached hydrogens (tertiary/aromatic N) is 1. The van der Waals surface area contributed by atoms with Gasteiger partial charge in [-0.3, -0.25) is 14.5 Å². The van der Waals surface area contributed by atoms with E-state index in [0.29, 0.717) is 12.8 Å². The van der Waals surface area contributed by atoms with Crippen LogP contribution in [0.5, 0.6) is 0 Å². The SMILES string of the molecule is CCCC1(CCC)NC(=O)N(CC(=O)NC(c2ccccc2)c2ccccc2)C1=O. The zero-order valence-corrected chi connectivity index (χ0v) is 17.6. The summed E-state index contributed by atoms with van der Waals surface area (Å²) in [5, 5.41) is 5.84. The first kappa shape index (κ1) is 21.6. The number of imide groups is 1. The van der Waals surface area contributed by atoms with Gasteiger partial charge in [0.1, 0.15) is 12.1 Å². The van der Waals surface area contributed by atoms with Crippen LogP contribution in [0.2, 0.25) is 0 Å². The van der Waals surface area contributed by atoms with Crippen LogP contribution in [-0.4, -0.2) is 34.8 Å². The highest BCUT2D eigenvalue weighted by Gasteiger charge is 2.50. The van der Waals surface area contributed by atoms with Crippen molar-refractivity contribution in [2.45, 2.75) is 51.1 Å². The van der Waals surface area contributed by atoms with Crippen molar-refractivity contribution in [2.24, 2.45) is 0 Å². The Kier molecular flexibility index (Phi) is 6.87. The lowest BCUT2D eigenvalue weighted by atomic mass is 9.88. The summed E-state index contributed by atoms with van der Waals surface area (Å²) in [5.41, 5.74) is 0.972. The molecule has 158 valence electrons. The Hall–Kier alpha value is -3.15. The number of carbonyl (C=O) groups is 3. The molecule has 1 aliphatic heterocycles. The zero-order valence-electron chi connectivity index (χ0n) is 17.6. The van der Waals surface area contributed by atoms with Crippen LogP contribution in [0.15, 0.2) is 60.7 Å². The average Bonchev–Trinajstić information content (AvgIpc) is 2.98. The molecule has 0 bridgehead atoms. The first-order valence-electron chi connectivity index (χ1n) is 10.5. The van der Waals surface area contributed by atoms with Crippen molar-refractivity contribution >= 4 is 17.8 Å². The smallest absolute Gasteiger partial charge is 0.325 e. The second kappa shape index (κ2) is 9.57. The van der Waals surface area contributed by atoms with Crippen molar-refractivity contribution in [3.8, 4) is 0 Å². The largest absolute Gasteiger partial charge is 0.344 e. The lowest BCUT2D eigenvalue weighted by Gasteiger charge is -2.26. The zero-order chi connectivity index (χ0) is 21.6. The molecule has 0 aliphatic carbocycles. The molecule has 4 amide bonds. The summed E-state index contributed by atoms with van der Waals surface area (Å²) < 4.78 is 0. The van der Waals surface area contributed by atoms with Crippen molar-refractivity contribution in [3.63, 3.8) is 0 Å². The van der Waals surface area contributed by atoms with E-state index in [9.17, 15) is 14.4 Å². The van der Waals surface area contributed by atoms with E-state index in [-0.39, 0.29) is 24.4 Å². The molecule has 1 heterocycles. The molecule has 0 saturated carbocycles. The van der Waals surface area contributed by atoms with Gasteiger partial charge in [-0.25, -0.2) is 4.79 Å². The van der Waals surface area contributed by atoms with E-state index in [0.717, 1.165) is 28.9 Å². The summed E-state index contributed by atoms with van der Waals surface area (Å²) >= 11 is 0. The molecular weight excluding hydrogens is 378 g/mol. The van der Waals surface area contributed by atoms with E-state index in [1.165, 1.54) is 0 Å². The number of hydrogen-bond acceptors (Lipinski definition) is 3. The van der Waals surface area contributed by atoms with Gasteiger partial charge in [0.25, 0.3) is 5.91 Å². The van der Waals surface area contributed by atoms with Crippen molar-refractivity contribution in [3.05, 3.63) is 71.8 Å². The van der Waals surface area contributed by atoms with Crippen molar-refractivity contribution in [2.75, 3.05) is 6.54 Å². The van der Waals surface area contributed by atoms with Gasteiger partial charge in [0, 0.05) is 0 Å². The summed E-state index contributed by atoms with van der Waals surface area (Å²) in [6, 6.07) is 18.4. The third-order valence-electron chi connectivity index (χ3n) is 5.47. The third-order valence-corrected chi connectivity index (χ3v) is 5.47. The first-order valence-corrected chi connectivity index (χ1v) is 10.5. The Labute approximate surface area is 177 Å². The fourth-order valence-corrected chi connectivity index (χ4v) is 4.14. The molecule has 0 radical (unpaired) electrons. The van der Waals surface area contributed by atoms with E-state index >= 15 is 0 Å². The minimum absolute atomic E-state index is 0.296. The summed E-state index contributed by atoms with van der Waals surface area (Å²) in [6.07, 6.45) is 2.69. The Balaban J connectivity index is 1.77. The highest BCUT2D eigenvalue weighted by atomic mass is 16.2.